The van der Waals surface area contributed by atoms with Gasteiger partial charge >= 0.3 is 0 Å². The Morgan fingerprint density at radius 1 is 1.38 bits per heavy atom. The van der Waals surface area contributed by atoms with Crippen LogP contribution in [0.25, 0.3) is 0 Å². The third-order valence-electron chi connectivity index (χ3n) is 3.84. The van der Waals surface area contributed by atoms with Crippen LogP contribution in [0.2, 0.25) is 0 Å². The summed E-state index contributed by atoms with van der Waals surface area (Å²) in [5.74, 6) is 1.12. The first-order valence-electron chi connectivity index (χ1n) is 7.51. The molecule has 0 bridgehead atoms. The van der Waals surface area contributed by atoms with Crippen molar-refractivity contribution in [3.63, 3.8) is 0 Å². The van der Waals surface area contributed by atoms with Crippen LogP contribution in [0.1, 0.15) is 25.7 Å². The number of carbonyl (C=O) groups is 1. The Kier molecular flexibility index (Phi) is 6.51. The number of nitrogens with one attached hydrogen (secondary N) is 1. The maximum Gasteiger partial charge on any atom is 0.222 e. The van der Waals surface area contributed by atoms with E-state index in [1.54, 1.807) is 0 Å². The second-order valence-corrected chi connectivity index (χ2v) is 6.33. The lowest BCUT2D eigenvalue weighted by Crippen LogP contribution is -2.38. The van der Waals surface area contributed by atoms with Crippen molar-refractivity contribution in [1.29, 1.82) is 0 Å². The molecule has 1 saturated heterocycles. The second kappa shape index (κ2) is 8.39. The molecule has 5 heteroatoms. The molecule has 1 aromatic carbocycles. The van der Waals surface area contributed by atoms with Crippen LogP contribution in [0.3, 0.4) is 0 Å². The highest BCUT2D eigenvalue weighted by atomic mass is 79.9. The number of carbonyl (C=O) groups excluding carboxylic acids is 1. The van der Waals surface area contributed by atoms with Gasteiger partial charge in [-0.3, -0.25) is 4.79 Å². The van der Waals surface area contributed by atoms with E-state index in [4.69, 9.17) is 4.74 Å². The molecule has 0 saturated carbocycles. The van der Waals surface area contributed by atoms with Crippen LogP contribution in [0.15, 0.2) is 28.7 Å². The summed E-state index contributed by atoms with van der Waals surface area (Å²) in [4.78, 5) is 14.0. The van der Waals surface area contributed by atoms with Crippen molar-refractivity contribution >= 4 is 21.8 Å². The fraction of sp³-hybridized carbons (Fsp3) is 0.562. The Morgan fingerprint density at radius 2 is 2.14 bits per heavy atom. The van der Waals surface area contributed by atoms with Crippen molar-refractivity contribution in [2.75, 3.05) is 26.7 Å². The van der Waals surface area contributed by atoms with Crippen LogP contribution in [-0.4, -0.2) is 43.6 Å². The second-order valence-electron chi connectivity index (χ2n) is 5.41. The van der Waals surface area contributed by atoms with Crippen molar-refractivity contribution in [2.45, 2.75) is 31.7 Å². The first-order valence-corrected chi connectivity index (χ1v) is 8.31. The average Bonchev–Trinajstić information content (AvgIpc) is 3.02. The molecule has 0 spiro atoms. The quantitative estimate of drug-likeness (QED) is 0.765. The first-order chi connectivity index (χ1) is 10.2. The molecule has 1 N–H and O–H groups in total. The number of benzene rings is 1. The molecule has 1 atom stereocenters. The molecule has 1 fully saturated rings. The SMILES string of the molecule is CN(C(=O)CCCCOc1ccc(Br)cc1)C1CCNC1. The van der Waals surface area contributed by atoms with Gasteiger partial charge in [0.2, 0.25) is 5.91 Å². The molecule has 116 valence electrons. The van der Waals surface area contributed by atoms with Gasteiger partial charge in [-0.15, -0.1) is 0 Å². The largest absolute Gasteiger partial charge is 0.494 e. The summed E-state index contributed by atoms with van der Waals surface area (Å²) < 4.78 is 6.69. The van der Waals surface area contributed by atoms with Gasteiger partial charge in [0.05, 0.1) is 6.61 Å². The number of hydrogen-bond acceptors (Lipinski definition) is 3. The lowest BCUT2D eigenvalue weighted by atomic mass is 10.2. The number of amides is 1. The standard InChI is InChI=1S/C16H23BrN2O2/c1-19(14-9-10-18-12-14)16(20)4-2-3-11-21-15-7-5-13(17)6-8-15/h5-8,14,18H,2-4,9-12H2,1H3. The lowest BCUT2D eigenvalue weighted by molar-refractivity contribution is -0.131. The number of unbranched alkanes of at least 4 members (excludes halogenated alkanes) is 1. The molecule has 1 aromatic rings. The van der Waals surface area contributed by atoms with Gasteiger partial charge in [0.15, 0.2) is 0 Å². The van der Waals surface area contributed by atoms with Gasteiger partial charge in [0.25, 0.3) is 0 Å². The molecule has 1 amide bonds. The Balaban J connectivity index is 1.58. The first kappa shape index (κ1) is 16.3. The summed E-state index contributed by atoms with van der Waals surface area (Å²) in [5, 5.41) is 3.29. The average molecular weight is 355 g/mol. The van der Waals surface area contributed by atoms with Crippen LogP contribution in [-0.2, 0) is 4.79 Å². The van der Waals surface area contributed by atoms with Crippen LogP contribution in [0, 0.1) is 0 Å². The molecular formula is C16H23BrN2O2. The Bertz CT molecular complexity index is 444. The van der Waals surface area contributed by atoms with Crippen molar-refractivity contribution in [3.05, 3.63) is 28.7 Å². The fourth-order valence-electron chi connectivity index (χ4n) is 2.45. The van der Waals surface area contributed by atoms with E-state index in [-0.39, 0.29) is 5.91 Å². The third kappa shape index (κ3) is 5.32. The van der Waals surface area contributed by atoms with Crippen LogP contribution in [0.5, 0.6) is 5.75 Å². The normalized spacial score (nSPS) is 17.7. The highest BCUT2D eigenvalue weighted by Crippen LogP contribution is 2.16. The van der Waals surface area contributed by atoms with Gasteiger partial charge in [0.1, 0.15) is 5.75 Å². The Morgan fingerprint density at radius 3 is 2.81 bits per heavy atom. The number of rotatable bonds is 7. The number of likely N-dealkylation sites (N-methyl/N-ethyl adjacent to an activating group) is 1. The number of halogens is 1. The van der Waals surface area contributed by atoms with Crippen molar-refractivity contribution in [3.8, 4) is 5.75 Å². The summed E-state index contributed by atoms with van der Waals surface area (Å²) in [5.41, 5.74) is 0. The van der Waals surface area contributed by atoms with E-state index in [9.17, 15) is 4.79 Å². The molecule has 21 heavy (non-hydrogen) atoms. The molecule has 4 nitrogen and oxygen atoms in total. The zero-order valence-corrected chi connectivity index (χ0v) is 14.1. The van der Waals surface area contributed by atoms with Crippen LogP contribution in [0.4, 0.5) is 0 Å². The van der Waals surface area contributed by atoms with Crippen molar-refractivity contribution in [1.82, 2.24) is 10.2 Å². The number of hydrogen-bond donors (Lipinski definition) is 1. The van der Waals surface area contributed by atoms with Gasteiger partial charge in [-0.05, 0) is 50.1 Å². The monoisotopic (exact) mass is 354 g/mol. The van der Waals surface area contributed by atoms with Gasteiger partial charge in [0, 0.05) is 30.5 Å². The summed E-state index contributed by atoms with van der Waals surface area (Å²) in [6.45, 7) is 2.60. The zero-order chi connectivity index (χ0) is 15.1. The maximum atomic E-state index is 12.1. The molecule has 1 aliphatic heterocycles. The molecule has 1 unspecified atom stereocenters. The maximum absolute atomic E-state index is 12.1. The van der Waals surface area contributed by atoms with E-state index in [1.165, 1.54) is 0 Å². The van der Waals surface area contributed by atoms with Crippen LogP contribution < -0.4 is 10.1 Å². The number of ether oxygens (including phenoxy) is 1. The molecular weight excluding hydrogens is 332 g/mol. The molecule has 2 rings (SSSR count). The van der Waals surface area contributed by atoms with Gasteiger partial charge in [-0.25, -0.2) is 0 Å². The Labute approximate surface area is 135 Å². The predicted octanol–water partition coefficient (Wildman–Crippen LogP) is 2.82. The van der Waals surface area contributed by atoms with E-state index < -0.39 is 0 Å². The minimum atomic E-state index is 0.243. The summed E-state index contributed by atoms with van der Waals surface area (Å²) in [6, 6.07) is 8.18. The van der Waals surface area contributed by atoms with Crippen LogP contribution >= 0.6 is 15.9 Å². The van der Waals surface area contributed by atoms with E-state index in [2.05, 4.69) is 21.2 Å². The zero-order valence-electron chi connectivity index (χ0n) is 12.5. The summed E-state index contributed by atoms with van der Waals surface area (Å²) in [6.07, 6.45) is 3.45. The minimum Gasteiger partial charge on any atom is -0.494 e. The predicted molar refractivity (Wildman–Crippen MR) is 87.5 cm³/mol. The molecule has 0 aromatic heterocycles. The smallest absolute Gasteiger partial charge is 0.222 e. The highest BCUT2D eigenvalue weighted by Gasteiger charge is 2.22. The molecule has 1 heterocycles. The summed E-state index contributed by atoms with van der Waals surface area (Å²) in [7, 11) is 1.92. The van der Waals surface area contributed by atoms with Gasteiger partial charge < -0.3 is 15.0 Å². The van der Waals surface area contributed by atoms with Crippen molar-refractivity contribution in [2.24, 2.45) is 0 Å². The van der Waals surface area contributed by atoms with E-state index in [1.807, 2.05) is 36.2 Å². The van der Waals surface area contributed by atoms with E-state index in [0.717, 1.165) is 42.6 Å². The minimum absolute atomic E-state index is 0.243. The molecule has 0 radical (unpaired) electrons. The van der Waals surface area contributed by atoms with Crippen molar-refractivity contribution < 1.29 is 9.53 Å². The Hall–Kier alpha value is -1.07. The fourth-order valence-corrected chi connectivity index (χ4v) is 2.71. The molecule has 1 aliphatic rings. The molecule has 0 aliphatic carbocycles. The lowest BCUT2D eigenvalue weighted by Gasteiger charge is -2.23. The van der Waals surface area contributed by atoms with E-state index >= 15 is 0 Å². The van der Waals surface area contributed by atoms with E-state index in [0.29, 0.717) is 19.1 Å². The highest BCUT2D eigenvalue weighted by molar-refractivity contribution is 9.10. The third-order valence-corrected chi connectivity index (χ3v) is 4.37. The van der Waals surface area contributed by atoms with Gasteiger partial charge in [-0.2, -0.15) is 0 Å². The topological polar surface area (TPSA) is 41.6 Å². The number of nitrogens with zero attached hydrogens (tertiary/aromatic N) is 1. The van der Waals surface area contributed by atoms with Gasteiger partial charge in [-0.1, -0.05) is 15.9 Å². The summed E-state index contributed by atoms with van der Waals surface area (Å²) >= 11 is 3.39.